The first-order chi connectivity index (χ1) is 14.1. The van der Waals surface area contributed by atoms with Crippen LogP contribution in [-0.2, 0) is 4.79 Å². The van der Waals surface area contributed by atoms with Crippen LogP contribution in [0.3, 0.4) is 0 Å². The summed E-state index contributed by atoms with van der Waals surface area (Å²) in [5, 5.41) is 0.308. The molecule has 0 atom stereocenters. The van der Waals surface area contributed by atoms with E-state index in [9.17, 15) is 9.59 Å². The lowest BCUT2D eigenvalue weighted by Crippen LogP contribution is -2.43. The van der Waals surface area contributed by atoms with Gasteiger partial charge in [-0.15, -0.1) is 11.8 Å². The predicted molar refractivity (Wildman–Crippen MR) is 116 cm³/mol. The van der Waals surface area contributed by atoms with Crippen molar-refractivity contribution in [2.45, 2.75) is 4.90 Å². The maximum atomic E-state index is 12.3. The molecular formula is C22H19ClN2O3S. The maximum Gasteiger partial charge on any atom is 0.276 e. The van der Waals surface area contributed by atoms with E-state index in [0.29, 0.717) is 10.8 Å². The Labute approximate surface area is 178 Å². The number of halogens is 1. The zero-order valence-corrected chi connectivity index (χ0v) is 17.2. The van der Waals surface area contributed by atoms with E-state index in [1.807, 2.05) is 60.9 Å². The molecule has 0 aliphatic rings. The van der Waals surface area contributed by atoms with Crippen molar-refractivity contribution in [1.82, 2.24) is 10.9 Å². The van der Waals surface area contributed by atoms with Gasteiger partial charge in [-0.05, 0) is 36.1 Å². The lowest BCUT2D eigenvalue weighted by atomic mass is 10.1. The molecule has 2 amide bonds. The van der Waals surface area contributed by atoms with Gasteiger partial charge in [0.05, 0.1) is 10.6 Å². The van der Waals surface area contributed by atoms with Crippen molar-refractivity contribution in [3.63, 3.8) is 0 Å². The summed E-state index contributed by atoms with van der Waals surface area (Å²) < 4.78 is 5.66. The van der Waals surface area contributed by atoms with Gasteiger partial charge in [0.2, 0.25) is 0 Å². The Bertz CT molecular complexity index is 1010. The van der Waals surface area contributed by atoms with Gasteiger partial charge in [-0.25, -0.2) is 0 Å². The molecule has 0 aromatic heterocycles. The summed E-state index contributed by atoms with van der Waals surface area (Å²) in [6, 6.07) is 22.3. The van der Waals surface area contributed by atoms with Crippen LogP contribution >= 0.6 is 23.4 Å². The van der Waals surface area contributed by atoms with E-state index in [1.54, 1.807) is 18.2 Å². The van der Waals surface area contributed by atoms with Gasteiger partial charge >= 0.3 is 0 Å². The third-order valence-electron chi connectivity index (χ3n) is 4.06. The fourth-order valence-electron chi connectivity index (χ4n) is 2.63. The van der Waals surface area contributed by atoms with Gasteiger partial charge in [0, 0.05) is 10.5 Å². The van der Waals surface area contributed by atoms with Crippen LogP contribution in [0.15, 0.2) is 77.7 Å². The van der Waals surface area contributed by atoms with Crippen molar-refractivity contribution < 1.29 is 14.3 Å². The monoisotopic (exact) mass is 426 g/mol. The van der Waals surface area contributed by atoms with Gasteiger partial charge in [0.25, 0.3) is 11.8 Å². The molecule has 0 radical (unpaired) electrons. The minimum atomic E-state index is -0.496. The predicted octanol–water partition coefficient (Wildman–Crippen LogP) is 4.57. The van der Waals surface area contributed by atoms with Crippen LogP contribution in [0, 0.1) is 0 Å². The van der Waals surface area contributed by atoms with E-state index >= 15 is 0 Å². The molecule has 29 heavy (non-hydrogen) atoms. The summed E-state index contributed by atoms with van der Waals surface area (Å²) in [6.45, 7) is -0.247. The van der Waals surface area contributed by atoms with Crippen LogP contribution in [0.5, 0.6) is 5.75 Å². The number of thioether (sulfide) groups is 1. The van der Waals surface area contributed by atoms with E-state index in [2.05, 4.69) is 10.9 Å². The highest BCUT2D eigenvalue weighted by molar-refractivity contribution is 7.98. The molecule has 0 heterocycles. The zero-order chi connectivity index (χ0) is 20.6. The molecule has 0 saturated carbocycles. The molecule has 0 aliphatic heterocycles. The minimum absolute atomic E-state index is 0.247. The van der Waals surface area contributed by atoms with Crippen molar-refractivity contribution in [1.29, 1.82) is 0 Å². The van der Waals surface area contributed by atoms with Crippen LogP contribution in [0.4, 0.5) is 0 Å². The molecule has 0 bridgehead atoms. The fourth-order valence-corrected chi connectivity index (χ4v) is 3.27. The highest BCUT2D eigenvalue weighted by Crippen LogP contribution is 2.29. The number of hydrogen-bond donors (Lipinski definition) is 2. The molecule has 0 unspecified atom stereocenters. The summed E-state index contributed by atoms with van der Waals surface area (Å²) in [4.78, 5) is 25.3. The molecule has 5 nitrogen and oxygen atoms in total. The first-order valence-electron chi connectivity index (χ1n) is 8.78. The van der Waals surface area contributed by atoms with Gasteiger partial charge in [-0.1, -0.05) is 60.1 Å². The second-order valence-corrected chi connectivity index (χ2v) is 7.29. The lowest BCUT2D eigenvalue weighted by Gasteiger charge is -2.12. The SMILES string of the molecule is CSc1ccc(Cl)c(C(=O)NNC(=O)COc2ccccc2-c2ccccc2)c1. The average molecular weight is 427 g/mol. The topological polar surface area (TPSA) is 67.4 Å². The van der Waals surface area contributed by atoms with Crippen molar-refractivity contribution in [2.75, 3.05) is 12.9 Å². The molecule has 3 rings (SSSR count). The number of carbonyl (C=O) groups excluding carboxylic acids is 2. The Morgan fingerprint density at radius 2 is 1.69 bits per heavy atom. The molecule has 3 aromatic rings. The number of nitrogens with one attached hydrogen (secondary N) is 2. The molecule has 0 aliphatic carbocycles. The van der Waals surface area contributed by atoms with Crippen molar-refractivity contribution >= 4 is 35.2 Å². The summed E-state index contributed by atoms with van der Waals surface area (Å²) in [5.74, 6) is -0.404. The normalized spacial score (nSPS) is 10.3. The van der Waals surface area contributed by atoms with Crippen LogP contribution in [0.25, 0.3) is 11.1 Å². The van der Waals surface area contributed by atoms with Crippen LogP contribution in [0.2, 0.25) is 5.02 Å². The van der Waals surface area contributed by atoms with E-state index in [-0.39, 0.29) is 12.2 Å². The quantitative estimate of drug-likeness (QED) is 0.447. The lowest BCUT2D eigenvalue weighted by molar-refractivity contribution is -0.123. The molecule has 7 heteroatoms. The average Bonchev–Trinajstić information content (AvgIpc) is 2.77. The number of para-hydroxylation sites is 1. The van der Waals surface area contributed by atoms with Crippen LogP contribution < -0.4 is 15.6 Å². The molecule has 0 spiro atoms. The smallest absolute Gasteiger partial charge is 0.276 e. The second-order valence-electron chi connectivity index (χ2n) is 6.00. The Morgan fingerprint density at radius 1 is 0.966 bits per heavy atom. The van der Waals surface area contributed by atoms with E-state index in [4.69, 9.17) is 16.3 Å². The number of carbonyl (C=O) groups is 2. The number of rotatable bonds is 6. The zero-order valence-electron chi connectivity index (χ0n) is 15.6. The molecule has 148 valence electrons. The fraction of sp³-hybridized carbons (Fsp3) is 0.0909. The highest BCUT2D eigenvalue weighted by Gasteiger charge is 2.13. The van der Waals surface area contributed by atoms with Crippen LogP contribution in [0.1, 0.15) is 10.4 Å². The molecular weight excluding hydrogens is 408 g/mol. The maximum absolute atomic E-state index is 12.3. The van der Waals surface area contributed by atoms with Crippen molar-refractivity contribution in [3.8, 4) is 16.9 Å². The summed E-state index contributed by atoms with van der Waals surface area (Å²) in [7, 11) is 0. The second kappa shape index (κ2) is 10.0. The van der Waals surface area contributed by atoms with Gasteiger partial charge < -0.3 is 4.74 Å². The van der Waals surface area contributed by atoms with E-state index in [0.717, 1.165) is 16.0 Å². The van der Waals surface area contributed by atoms with Gasteiger partial charge in [0.1, 0.15) is 5.75 Å². The van der Waals surface area contributed by atoms with Gasteiger partial charge in [0.15, 0.2) is 6.61 Å². The van der Waals surface area contributed by atoms with Crippen LogP contribution in [-0.4, -0.2) is 24.7 Å². The molecule has 0 saturated heterocycles. The van der Waals surface area contributed by atoms with Gasteiger partial charge in [-0.3, -0.25) is 20.4 Å². The van der Waals surface area contributed by atoms with Crippen molar-refractivity contribution in [3.05, 3.63) is 83.4 Å². The first-order valence-corrected chi connectivity index (χ1v) is 10.4. The van der Waals surface area contributed by atoms with Gasteiger partial charge in [-0.2, -0.15) is 0 Å². The molecule has 3 aromatic carbocycles. The molecule has 0 fully saturated rings. The van der Waals surface area contributed by atoms with Crippen molar-refractivity contribution in [2.24, 2.45) is 0 Å². The highest BCUT2D eigenvalue weighted by atomic mass is 35.5. The van der Waals surface area contributed by atoms with E-state index < -0.39 is 11.8 Å². The number of hydrogen-bond acceptors (Lipinski definition) is 4. The number of benzene rings is 3. The summed E-state index contributed by atoms with van der Waals surface area (Å²) >= 11 is 7.57. The Balaban J connectivity index is 1.58. The largest absolute Gasteiger partial charge is 0.483 e. The third kappa shape index (κ3) is 5.53. The minimum Gasteiger partial charge on any atom is -0.483 e. The number of hydrazine groups is 1. The summed E-state index contributed by atoms with van der Waals surface area (Å²) in [5.41, 5.74) is 6.86. The summed E-state index contributed by atoms with van der Waals surface area (Å²) in [6.07, 6.45) is 1.90. The standard InChI is InChI=1S/C22H19ClN2O3S/c1-29-16-11-12-19(23)18(13-16)22(27)25-24-21(26)14-28-20-10-6-5-9-17(20)15-7-3-2-4-8-15/h2-13H,14H2,1H3,(H,24,26)(H,25,27). The molecule has 2 N–H and O–H groups in total. The Hall–Kier alpha value is -2.96. The van der Waals surface area contributed by atoms with E-state index in [1.165, 1.54) is 11.8 Å². The number of ether oxygens (including phenoxy) is 1. The number of amides is 2. The third-order valence-corrected chi connectivity index (χ3v) is 5.12. The first kappa shape index (κ1) is 20.8. The Morgan fingerprint density at radius 3 is 2.45 bits per heavy atom. The Kier molecular flexibility index (Phi) is 7.16.